The van der Waals surface area contributed by atoms with Gasteiger partial charge in [0.15, 0.2) is 0 Å². The first-order chi connectivity index (χ1) is 15.5. The lowest BCUT2D eigenvalue weighted by molar-refractivity contribution is 0.0978. The van der Waals surface area contributed by atoms with Crippen molar-refractivity contribution in [1.29, 1.82) is 5.26 Å². The van der Waals surface area contributed by atoms with E-state index in [4.69, 9.17) is 0 Å². The average molecular weight is 432 g/mol. The Morgan fingerprint density at radius 2 is 1.78 bits per heavy atom. The molecule has 0 saturated carbocycles. The summed E-state index contributed by atoms with van der Waals surface area (Å²) in [4.78, 5) is 9.92. The number of piperazine rings is 1. The van der Waals surface area contributed by atoms with Gasteiger partial charge in [-0.1, -0.05) is 30.3 Å². The highest BCUT2D eigenvalue weighted by Gasteiger charge is 2.24. The van der Waals surface area contributed by atoms with Crippen molar-refractivity contribution in [2.75, 3.05) is 58.3 Å². The molecule has 0 aliphatic carbocycles. The number of nitriles is 1. The largest absolute Gasteiger partial charge is 0.370 e. The van der Waals surface area contributed by atoms with Crippen LogP contribution in [-0.4, -0.2) is 74.1 Å². The fourth-order valence-electron chi connectivity index (χ4n) is 5.12. The highest BCUT2D eigenvalue weighted by atomic mass is 15.3. The molecule has 5 nitrogen and oxygen atoms in total. The molecule has 0 N–H and O–H groups in total. The first kappa shape index (κ1) is 22.8. The van der Waals surface area contributed by atoms with E-state index >= 15 is 0 Å². The molecule has 0 spiro atoms. The molecule has 0 amide bonds. The maximum atomic E-state index is 9.71. The van der Waals surface area contributed by atoms with Crippen LogP contribution in [0.25, 0.3) is 0 Å². The summed E-state index contributed by atoms with van der Waals surface area (Å²) in [6.07, 6.45) is 2.48. The van der Waals surface area contributed by atoms with Gasteiger partial charge in [-0.15, -0.1) is 0 Å². The second kappa shape index (κ2) is 10.5. The molecule has 2 fully saturated rings. The molecule has 5 heteroatoms. The van der Waals surface area contributed by atoms with Crippen molar-refractivity contribution in [3.05, 3.63) is 65.2 Å². The zero-order valence-corrected chi connectivity index (χ0v) is 19.9. The van der Waals surface area contributed by atoms with Gasteiger partial charge in [-0.3, -0.25) is 9.80 Å². The van der Waals surface area contributed by atoms with Crippen LogP contribution in [0, 0.1) is 11.3 Å². The van der Waals surface area contributed by atoms with Crippen LogP contribution < -0.4 is 4.90 Å². The molecule has 0 aromatic heterocycles. The lowest BCUT2D eigenvalue weighted by Gasteiger charge is -2.39. The molecular formula is C27H37N5. The molecule has 0 bridgehead atoms. The van der Waals surface area contributed by atoms with Gasteiger partial charge in [0.2, 0.25) is 0 Å². The fourth-order valence-corrected chi connectivity index (χ4v) is 5.12. The first-order valence-corrected chi connectivity index (χ1v) is 12.0. The summed E-state index contributed by atoms with van der Waals surface area (Å²) in [5.74, 6) is 0. The summed E-state index contributed by atoms with van der Waals surface area (Å²) in [6, 6.07) is 20.7. The van der Waals surface area contributed by atoms with Gasteiger partial charge in [-0.25, -0.2) is 0 Å². The molecule has 2 saturated heterocycles. The van der Waals surface area contributed by atoms with Crippen molar-refractivity contribution in [2.24, 2.45) is 0 Å². The van der Waals surface area contributed by atoms with Gasteiger partial charge >= 0.3 is 0 Å². The van der Waals surface area contributed by atoms with Crippen LogP contribution >= 0.6 is 0 Å². The van der Waals surface area contributed by atoms with Crippen molar-refractivity contribution in [2.45, 2.75) is 38.4 Å². The Labute approximate surface area is 193 Å². The lowest BCUT2D eigenvalue weighted by atomic mass is 10.0. The number of nitrogens with zero attached hydrogens (tertiary/aromatic N) is 5. The van der Waals surface area contributed by atoms with E-state index in [-0.39, 0.29) is 0 Å². The Bertz CT molecular complexity index is 911. The van der Waals surface area contributed by atoms with Crippen LogP contribution in [0.5, 0.6) is 0 Å². The molecule has 170 valence electrons. The lowest BCUT2D eigenvalue weighted by Crippen LogP contribution is -2.46. The summed E-state index contributed by atoms with van der Waals surface area (Å²) in [5, 5.41) is 9.71. The Kier molecular flexibility index (Phi) is 7.47. The average Bonchev–Trinajstić information content (AvgIpc) is 2.84. The third-order valence-corrected chi connectivity index (χ3v) is 7.33. The van der Waals surface area contributed by atoms with Crippen LogP contribution in [0.1, 0.15) is 42.5 Å². The van der Waals surface area contributed by atoms with Gasteiger partial charge in [0.05, 0.1) is 11.6 Å². The minimum absolute atomic E-state index is 0.445. The van der Waals surface area contributed by atoms with E-state index in [1.165, 1.54) is 29.7 Å². The molecular weight excluding hydrogens is 394 g/mol. The topological polar surface area (TPSA) is 36.8 Å². The Balaban J connectivity index is 1.40. The summed E-state index contributed by atoms with van der Waals surface area (Å²) in [6.45, 7) is 9.54. The van der Waals surface area contributed by atoms with Gasteiger partial charge < -0.3 is 9.80 Å². The predicted molar refractivity (Wildman–Crippen MR) is 132 cm³/mol. The van der Waals surface area contributed by atoms with Crippen LogP contribution in [-0.2, 0) is 6.54 Å². The molecule has 0 radical (unpaired) electrons. The minimum atomic E-state index is 0.445. The van der Waals surface area contributed by atoms with Gasteiger partial charge in [0.1, 0.15) is 0 Å². The molecule has 2 heterocycles. The van der Waals surface area contributed by atoms with Crippen molar-refractivity contribution in [3.63, 3.8) is 0 Å². The molecule has 2 aromatic carbocycles. The van der Waals surface area contributed by atoms with Crippen molar-refractivity contribution < 1.29 is 0 Å². The molecule has 2 aromatic rings. The van der Waals surface area contributed by atoms with Crippen LogP contribution in [0.3, 0.4) is 0 Å². The zero-order valence-electron chi connectivity index (χ0n) is 19.9. The normalized spacial score (nSPS) is 21.5. The summed E-state index contributed by atoms with van der Waals surface area (Å²) >= 11 is 0. The number of hydrogen-bond donors (Lipinski definition) is 0. The van der Waals surface area contributed by atoms with E-state index in [0.29, 0.717) is 12.1 Å². The Morgan fingerprint density at radius 1 is 1.03 bits per heavy atom. The van der Waals surface area contributed by atoms with E-state index < -0.39 is 0 Å². The highest BCUT2D eigenvalue weighted by Crippen LogP contribution is 2.26. The maximum absolute atomic E-state index is 9.71. The summed E-state index contributed by atoms with van der Waals surface area (Å²) < 4.78 is 0. The van der Waals surface area contributed by atoms with Gasteiger partial charge in [0, 0.05) is 63.6 Å². The van der Waals surface area contributed by atoms with E-state index in [0.717, 1.165) is 51.4 Å². The number of rotatable bonds is 6. The number of benzene rings is 2. The maximum Gasteiger partial charge on any atom is 0.0995 e. The Hall–Kier alpha value is -2.39. The zero-order chi connectivity index (χ0) is 22.5. The first-order valence-electron chi connectivity index (χ1n) is 12.0. The van der Waals surface area contributed by atoms with E-state index in [2.05, 4.69) is 89.2 Å². The van der Waals surface area contributed by atoms with E-state index in [9.17, 15) is 5.26 Å². The SMILES string of the molecule is CC(c1ccccc1)N1CCN(Cc2cc(N3CCCC(N(C)C)C3)ccc2C#N)CC1. The molecule has 2 aliphatic rings. The van der Waals surface area contributed by atoms with E-state index in [1.54, 1.807) is 0 Å². The van der Waals surface area contributed by atoms with Crippen LogP contribution in [0.15, 0.2) is 48.5 Å². The number of likely N-dealkylation sites (N-methyl/N-ethyl adjacent to an activating group) is 1. The molecule has 2 aliphatic heterocycles. The third-order valence-electron chi connectivity index (χ3n) is 7.33. The number of anilines is 1. The van der Waals surface area contributed by atoms with Crippen molar-refractivity contribution >= 4 is 5.69 Å². The molecule has 2 atom stereocenters. The smallest absolute Gasteiger partial charge is 0.0995 e. The molecule has 32 heavy (non-hydrogen) atoms. The van der Waals surface area contributed by atoms with Gasteiger partial charge in [-0.2, -0.15) is 5.26 Å². The predicted octanol–water partition coefficient (Wildman–Crippen LogP) is 3.97. The van der Waals surface area contributed by atoms with Crippen LogP contribution in [0.2, 0.25) is 0 Å². The van der Waals surface area contributed by atoms with Gasteiger partial charge in [-0.05, 0) is 63.2 Å². The second-order valence-corrected chi connectivity index (χ2v) is 9.56. The second-order valence-electron chi connectivity index (χ2n) is 9.56. The quantitative estimate of drug-likeness (QED) is 0.692. The molecule has 2 unspecified atom stereocenters. The molecule has 4 rings (SSSR count). The van der Waals surface area contributed by atoms with E-state index in [1.807, 2.05) is 6.07 Å². The highest BCUT2D eigenvalue weighted by molar-refractivity contribution is 5.54. The standard InChI is InChI=1S/C27H37N5/c1-22(23-8-5-4-6-9-23)31-16-14-30(15-17-31)20-25-18-26(12-11-24(25)19-28)32-13-7-10-27(21-32)29(2)3/h4-6,8-9,11-12,18,22,27H,7,10,13-17,20-21H2,1-3H3. The van der Waals surface area contributed by atoms with Crippen molar-refractivity contribution in [3.8, 4) is 6.07 Å². The summed E-state index contributed by atoms with van der Waals surface area (Å²) in [7, 11) is 4.35. The third kappa shape index (κ3) is 5.32. The monoisotopic (exact) mass is 431 g/mol. The summed E-state index contributed by atoms with van der Waals surface area (Å²) in [5.41, 5.74) is 4.64. The Morgan fingerprint density at radius 3 is 2.47 bits per heavy atom. The number of hydrogen-bond acceptors (Lipinski definition) is 5. The minimum Gasteiger partial charge on any atom is -0.370 e. The van der Waals surface area contributed by atoms with Gasteiger partial charge in [0.25, 0.3) is 0 Å². The fraction of sp³-hybridized carbons (Fsp3) is 0.519. The number of piperidine rings is 1. The van der Waals surface area contributed by atoms with Crippen molar-refractivity contribution in [1.82, 2.24) is 14.7 Å². The van der Waals surface area contributed by atoms with Crippen LogP contribution in [0.4, 0.5) is 5.69 Å².